The van der Waals surface area contributed by atoms with Gasteiger partial charge >= 0.3 is 5.97 Å². The van der Waals surface area contributed by atoms with Crippen LogP contribution in [0.15, 0.2) is 0 Å². The molecule has 2 unspecified atom stereocenters. The Morgan fingerprint density at radius 2 is 2.00 bits per heavy atom. The molecule has 1 aliphatic rings. The van der Waals surface area contributed by atoms with E-state index in [4.69, 9.17) is 4.74 Å². The number of hydrogen-bond donors (Lipinski definition) is 0. The highest BCUT2D eigenvalue weighted by Crippen LogP contribution is 2.34. The van der Waals surface area contributed by atoms with Gasteiger partial charge in [0.15, 0.2) is 0 Å². The minimum absolute atomic E-state index is 0.0885. The van der Waals surface area contributed by atoms with Gasteiger partial charge in [-0.1, -0.05) is 34.1 Å². The van der Waals surface area contributed by atoms with E-state index >= 15 is 0 Å². The molecule has 0 saturated carbocycles. The molecule has 0 bridgehead atoms. The lowest BCUT2D eigenvalue weighted by atomic mass is 10.1. The molecular weight excluding hydrogens is 286 g/mol. The topological polar surface area (TPSA) is 46.6 Å². The van der Waals surface area contributed by atoms with Gasteiger partial charge in [-0.15, -0.1) is 11.8 Å². The summed E-state index contributed by atoms with van der Waals surface area (Å²) >= 11 is 1.71. The molecular formula is C16H29NO3S. The van der Waals surface area contributed by atoms with Gasteiger partial charge in [0.25, 0.3) is 0 Å². The number of nitrogens with zero attached hydrogens (tertiary/aromatic N) is 1. The van der Waals surface area contributed by atoms with Crippen LogP contribution in [0.2, 0.25) is 0 Å². The summed E-state index contributed by atoms with van der Waals surface area (Å²) in [6, 6.07) is -0.394. The quantitative estimate of drug-likeness (QED) is 0.508. The Kier molecular flexibility index (Phi) is 8.15. The normalized spacial score (nSPS) is 21.9. The zero-order valence-corrected chi connectivity index (χ0v) is 14.6. The molecule has 1 fully saturated rings. The lowest BCUT2D eigenvalue weighted by Gasteiger charge is -2.29. The van der Waals surface area contributed by atoms with Gasteiger partial charge in [-0.05, 0) is 25.2 Å². The van der Waals surface area contributed by atoms with Crippen molar-refractivity contribution in [2.45, 2.75) is 71.2 Å². The highest BCUT2D eigenvalue weighted by molar-refractivity contribution is 8.00. The van der Waals surface area contributed by atoms with Crippen LogP contribution in [0.4, 0.5) is 0 Å². The van der Waals surface area contributed by atoms with E-state index in [1.165, 1.54) is 0 Å². The number of ether oxygens (including phenoxy) is 1. The van der Waals surface area contributed by atoms with Crippen LogP contribution in [0, 0.1) is 5.92 Å². The van der Waals surface area contributed by atoms with E-state index in [1.807, 2.05) is 6.92 Å². The van der Waals surface area contributed by atoms with Gasteiger partial charge in [0, 0.05) is 12.2 Å². The van der Waals surface area contributed by atoms with Crippen LogP contribution in [-0.2, 0) is 14.3 Å². The number of amides is 1. The number of unbranched alkanes of at least 4 members (excludes halogenated alkanes) is 1. The van der Waals surface area contributed by atoms with Crippen LogP contribution >= 0.6 is 11.8 Å². The summed E-state index contributed by atoms with van der Waals surface area (Å²) in [5.41, 5.74) is 0. The van der Waals surface area contributed by atoms with Gasteiger partial charge in [0.05, 0.1) is 12.0 Å². The fourth-order valence-electron chi connectivity index (χ4n) is 2.42. The Bertz CT molecular complexity index is 346. The third-order valence-corrected chi connectivity index (χ3v) is 4.84. The fourth-order valence-corrected chi connectivity index (χ4v) is 4.07. The number of carbonyl (C=O) groups is 2. The molecule has 122 valence electrons. The molecule has 1 rings (SSSR count). The van der Waals surface area contributed by atoms with Gasteiger partial charge in [-0.25, -0.2) is 4.79 Å². The van der Waals surface area contributed by atoms with Crippen molar-refractivity contribution < 1.29 is 14.3 Å². The first-order valence-electron chi connectivity index (χ1n) is 8.10. The second-order valence-electron chi connectivity index (χ2n) is 6.01. The summed E-state index contributed by atoms with van der Waals surface area (Å²) in [5.74, 6) is 1.03. The number of thioether (sulfide) groups is 1. The molecule has 1 aliphatic heterocycles. The minimum atomic E-state index is -0.394. The van der Waals surface area contributed by atoms with E-state index < -0.39 is 6.04 Å². The van der Waals surface area contributed by atoms with E-state index in [-0.39, 0.29) is 17.3 Å². The zero-order valence-electron chi connectivity index (χ0n) is 13.8. The van der Waals surface area contributed by atoms with Crippen LogP contribution in [-0.4, -0.2) is 40.6 Å². The number of hydrogen-bond acceptors (Lipinski definition) is 4. The molecule has 1 heterocycles. The maximum absolute atomic E-state index is 12.4. The maximum atomic E-state index is 12.4. The van der Waals surface area contributed by atoms with Crippen LogP contribution in [0.5, 0.6) is 0 Å². The average molecular weight is 315 g/mol. The molecule has 2 atom stereocenters. The van der Waals surface area contributed by atoms with Gasteiger partial charge in [0.2, 0.25) is 5.91 Å². The maximum Gasteiger partial charge on any atom is 0.329 e. The van der Waals surface area contributed by atoms with Crippen molar-refractivity contribution in [1.82, 2.24) is 4.90 Å². The molecule has 1 saturated heterocycles. The molecule has 0 radical (unpaired) electrons. The van der Waals surface area contributed by atoms with Crippen LogP contribution in [0.3, 0.4) is 0 Å². The van der Waals surface area contributed by atoms with Crippen molar-refractivity contribution in [2.24, 2.45) is 5.92 Å². The Morgan fingerprint density at radius 1 is 1.29 bits per heavy atom. The molecule has 0 aromatic carbocycles. The summed E-state index contributed by atoms with van der Waals surface area (Å²) < 4.78 is 5.33. The molecule has 0 aromatic rings. The van der Waals surface area contributed by atoms with Gasteiger partial charge in [-0.2, -0.15) is 0 Å². The van der Waals surface area contributed by atoms with Crippen LogP contribution < -0.4 is 0 Å². The molecule has 21 heavy (non-hydrogen) atoms. The SMILES string of the molecule is CCCCOC(=O)C1CSC(CC(C)C)N1C(=O)CCC. The highest BCUT2D eigenvalue weighted by atomic mass is 32.2. The first-order chi connectivity index (χ1) is 10.0. The minimum Gasteiger partial charge on any atom is -0.464 e. The predicted octanol–water partition coefficient (Wildman–Crippen LogP) is 3.45. The first kappa shape index (κ1) is 18.3. The third-order valence-electron chi connectivity index (χ3n) is 3.53. The monoisotopic (exact) mass is 315 g/mol. The number of carbonyl (C=O) groups excluding carboxylic acids is 2. The van der Waals surface area contributed by atoms with Crippen molar-refractivity contribution >= 4 is 23.6 Å². The van der Waals surface area contributed by atoms with E-state index in [2.05, 4.69) is 20.8 Å². The standard InChI is InChI=1S/C16H29NO3S/c1-5-7-9-20-16(19)13-11-21-15(10-12(3)4)17(13)14(18)8-6-2/h12-13,15H,5-11H2,1-4H3. The first-order valence-corrected chi connectivity index (χ1v) is 9.15. The smallest absolute Gasteiger partial charge is 0.329 e. The second kappa shape index (κ2) is 9.34. The van der Waals surface area contributed by atoms with E-state index in [1.54, 1.807) is 16.7 Å². The molecule has 0 aliphatic carbocycles. The number of rotatable bonds is 8. The third kappa shape index (κ3) is 5.53. The Labute approximate surface area is 133 Å². The van der Waals surface area contributed by atoms with E-state index in [0.717, 1.165) is 25.7 Å². The second-order valence-corrected chi connectivity index (χ2v) is 7.22. The lowest BCUT2D eigenvalue weighted by molar-refractivity contribution is -0.154. The van der Waals surface area contributed by atoms with Gasteiger partial charge < -0.3 is 9.64 Å². The molecule has 1 amide bonds. The zero-order chi connectivity index (χ0) is 15.8. The summed E-state index contributed by atoms with van der Waals surface area (Å²) in [6.07, 6.45) is 4.13. The summed E-state index contributed by atoms with van der Waals surface area (Å²) in [6.45, 7) is 8.81. The highest BCUT2D eigenvalue weighted by Gasteiger charge is 2.41. The molecule has 0 spiro atoms. The Hall–Kier alpha value is -0.710. The van der Waals surface area contributed by atoms with Crippen molar-refractivity contribution in [3.63, 3.8) is 0 Å². The molecule has 5 heteroatoms. The van der Waals surface area contributed by atoms with Crippen molar-refractivity contribution in [3.8, 4) is 0 Å². The largest absolute Gasteiger partial charge is 0.464 e. The van der Waals surface area contributed by atoms with E-state index in [0.29, 0.717) is 24.7 Å². The number of esters is 1. The van der Waals surface area contributed by atoms with Crippen molar-refractivity contribution in [3.05, 3.63) is 0 Å². The molecule has 4 nitrogen and oxygen atoms in total. The summed E-state index contributed by atoms with van der Waals surface area (Å²) in [7, 11) is 0. The van der Waals surface area contributed by atoms with Crippen LogP contribution in [0.1, 0.15) is 59.8 Å². The molecule has 0 aromatic heterocycles. The van der Waals surface area contributed by atoms with Crippen molar-refractivity contribution in [2.75, 3.05) is 12.4 Å². The fraction of sp³-hybridized carbons (Fsp3) is 0.875. The Balaban J connectivity index is 2.72. The predicted molar refractivity (Wildman–Crippen MR) is 87.1 cm³/mol. The summed E-state index contributed by atoms with van der Waals surface area (Å²) in [5, 5.41) is 0.118. The summed E-state index contributed by atoms with van der Waals surface area (Å²) in [4.78, 5) is 26.4. The van der Waals surface area contributed by atoms with Crippen LogP contribution in [0.25, 0.3) is 0 Å². The van der Waals surface area contributed by atoms with Gasteiger partial charge in [-0.3, -0.25) is 4.79 Å². The van der Waals surface area contributed by atoms with E-state index in [9.17, 15) is 9.59 Å². The Morgan fingerprint density at radius 3 is 2.57 bits per heavy atom. The van der Waals surface area contributed by atoms with Crippen molar-refractivity contribution in [1.29, 1.82) is 0 Å². The lowest BCUT2D eigenvalue weighted by Crippen LogP contribution is -2.46. The molecule has 0 N–H and O–H groups in total. The average Bonchev–Trinajstić information content (AvgIpc) is 2.82. The van der Waals surface area contributed by atoms with Gasteiger partial charge in [0.1, 0.15) is 6.04 Å².